The van der Waals surface area contributed by atoms with Crippen molar-refractivity contribution in [2.75, 3.05) is 18.6 Å². The highest BCUT2D eigenvalue weighted by Gasteiger charge is 2.36. The fourth-order valence-electron chi connectivity index (χ4n) is 5.76. The molecule has 4 N–H and O–H groups in total. The molecule has 1 atom stereocenters. The monoisotopic (exact) mass is 519 g/mol. The maximum atomic E-state index is 14.0. The number of hydrogen-bond acceptors (Lipinski definition) is 6. The Balaban J connectivity index is 1.33. The van der Waals surface area contributed by atoms with E-state index in [0.717, 1.165) is 32.8 Å². The molecule has 0 fully saturated rings. The zero-order valence-electron chi connectivity index (χ0n) is 21.1. The summed E-state index contributed by atoms with van der Waals surface area (Å²) in [6, 6.07) is 17.2. The third-order valence-corrected chi connectivity index (χ3v) is 7.49. The zero-order valence-corrected chi connectivity index (χ0v) is 21.1. The van der Waals surface area contributed by atoms with Gasteiger partial charge in [-0.05, 0) is 34.7 Å². The van der Waals surface area contributed by atoms with Crippen molar-refractivity contribution in [2.24, 2.45) is 0 Å². The van der Waals surface area contributed by atoms with Crippen LogP contribution in [0.5, 0.6) is 5.75 Å². The Morgan fingerprint density at radius 3 is 2.85 bits per heavy atom. The van der Waals surface area contributed by atoms with Gasteiger partial charge in [-0.15, -0.1) is 0 Å². The average molecular weight is 520 g/mol. The smallest absolute Gasteiger partial charge is 0.274 e. The van der Waals surface area contributed by atoms with E-state index in [1.54, 1.807) is 30.7 Å². The van der Waals surface area contributed by atoms with E-state index < -0.39 is 0 Å². The Morgan fingerprint density at radius 2 is 2.00 bits per heavy atom. The molecule has 1 aliphatic heterocycles. The lowest BCUT2D eigenvalue weighted by Gasteiger charge is -2.18. The normalized spacial score (nSPS) is 15.0. The minimum Gasteiger partial charge on any atom is -0.507 e. The van der Waals surface area contributed by atoms with Crippen molar-refractivity contribution in [1.29, 1.82) is 5.41 Å². The quantitative estimate of drug-likeness (QED) is 0.271. The number of hydrogen-bond donors (Lipinski definition) is 4. The maximum Gasteiger partial charge on any atom is 0.274 e. The number of nitrogens with one attached hydrogen (secondary N) is 3. The molecule has 6 aromatic rings. The van der Waals surface area contributed by atoms with Crippen LogP contribution in [0, 0.1) is 5.41 Å². The van der Waals surface area contributed by atoms with Crippen LogP contribution in [0.25, 0.3) is 32.8 Å². The van der Waals surface area contributed by atoms with Crippen LogP contribution < -0.4 is 10.4 Å². The molecule has 0 saturated heterocycles. The summed E-state index contributed by atoms with van der Waals surface area (Å²) in [6.07, 6.45) is 3.17. The highest BCUT2D eigenvalue weighted by atomic mass is 16.5. The summed E-state index contributed by atoms with van der Waals surface area (Å²) in [7, 11) is 1.66. The number of aromatic nitrogens is 5. The molecule has 0 unspecified atom stereocenters. The lowest BCUT2D eigenvalue weighted by atomic mass is 9.94. The van der Waals surface area contributed by atoms with Crippen molar-refractivity contribution in [3.05, 3.63) is 89.6 Å². The summed E-state index contributed by atoms with van der Waals surface area (Å²) in [4.78, 5) is 30.6. The van der Waals surface area contributed by atoms with Gasteiger partial charge < -0.3 is 29.3 Å². The number of phenolic OH excluding ortho intramolecular Hbond substituents is 1. The van der Waals surface area contributed by atoms with E-state index >= 15 is 0 Å². The number of H-pyrrole nitrogens is 2. The van der Waals surface area contributed by atoms with Crippen LogP contribution in [0.1, 0.15) is 27.5 Å². The summed E-state index contributed by atoms with van der Waals surface area (Å²) in [5, 5.41) is 21.6. The summed E-state index contributed by atoms with van der Waals surface area (Å²) >= 11 is 0. The van der Waals surface area contributed by atoms with Crippen molar-refractivity contribution in [3.63, 3.8) is 0 Å². The van der Waals surface area contributed by atoms with Crippen LogP contribution in [-0.2, 0) is 17.9 Å². The number of imidazole rings is 1. The van der Waals surface area contributed by atoms with Gasteiger partial charge >= 0.3 is 0 Å². The summed E-state index contributed by atoms with van der Waals surface area (Å²) in [5.41, 5.74) is 5.36. The molecule has 0 bridgehead atoms. The van der Waals surface area contributed by atoms with Crippen LogP contribution >= 0.6 is 0 Å². The van der Waals surface area contributed by atoms with Crippen LogP contribution in [0.15, 0.2) is 67.3 Å². The number of benzene rings is 3. The number of anilines is 1. The second-order valence-electron chi connectivity index (χ2n) is 9.87. The minimum absolute atomic E-state index is 0.101. The Kier molecular flexibility index (Phi) is 5.24. The molecule has 1 amide bonds. The van der Waals surface area contributed by atoms with Gasteiger partial charge in [0.1, 0.15) is 17.0 Å². The molecule has 10 heteroatoms. The number of aromatic hydroxyl groups is 1. The Hall–Kier alpha value is -4.96. The van der Waals surface area contributed by atoms with Gasteiger partial charge in [0.15, 0.2) is 11.1 Å². The van der Waals surface area contributed by atoms with Crippen LogP contribution in [0.3, 0.4) is 0 Å². The molecule has 3 aromatic carbocycles. The first-order chi connectivity index (χ1) is 19.0. The number of amides is 1. The molecule has 0 radical (unpaired) electrons. The summed E-state index contributed by atoms with van der Waals surface area (Å²) in [6.45, 7) is 1.40. The molecule has 1 aliphatic rings. The Labute approximate surface area is 222 Å². The standard InChI is InChI=1S/C29H25N7O3/c1-39-13-16-6-7-21-17(8-16)9-22(34-21)29(38)36-12-18(11-35-15-33-27(30)26-28(35)32-14-31-26)25-20-5-3-2-4-19(20)24(37)10-23(25)36/h2-10,14-15,18,30,34,37H,11-13H2,1H3,(H,31,32)/t18-/m1/s1. The zero-order chi connectivity index (χ0) is 26.7. The van der Waals surface area contributed by atoms with Gasteiger partial charge in [0, 0.05) is 48.5 Å². The Bertz CT molecular complexity index is 1970. The summed E-state index contributed by atoms with van der Waals surface area (Å²) in [5.74, 6) is -0.144. The van der Waals surface area contributed by atoms with Crippen molar-refractivity contribution < 1.29 is 14.6 Å². The first kappa shape index (κ1) is 23.2. The van der Waals surface area contributed by atoms with E-state index in [1.807, 2.05) is 53.1 Å². The molecule has 0 spiro atoms. The molecule has 7 rings (SSSR count). The van der Waals surface area contributed by atoms with Gasteiger partial charge in [-0.1, -0.05) is 30.3 Å². The first-order valence-electron chi connectivity index (χ1n) is 12.6. The molecule has 3 aromatic heterocycles. The Morgan fingerprint density at radius 1 is 1.15 bits per heavy atom. The van der Waals surface area contributed by atoms with Crippen molar-refractivity contribution in [1.82, 2.24) is 24.5 Å². The van der Waals surface area contributed by atoms with E-state index in [1.165, 1.54) is 0 Å². The SMILES string of the molecule is COCc1ccc2[nH]c(C(=O)N3C[C@@H](Cn4cnc(=N)c5[nH]cnc54)c4c3cc(O)c3ccccc43)cc2c1. The van der Waals surface area contributed by atoms with E-state index in [9.17, 15) is 9.90 Å². The molecule has 0 aliphatic carbocycles. The number of ether oxygens (including phenoxy) is 1. The number of fused-ring (bicyclic) bond motifs is 5. The third kappa shape index (κ3) is 3.68. The third-order valence-electron chi connectivity index (χ3n) is 7.49. The van der Waals surface area contributed by atoms with Gasteiger partial charge in [0.05, 0.1) is 24.9 Å². The first-order valence-corrected chi connectivity index (χ1v) is 12.6. The van der Waals surface area contributed by atoms with Crippen molar-refractivity contribution >= 4 is 44.4 Å². The lowest BCUT2D eigenvalue weighted by Crippen LogP contribution is -2.31. The molecular weight excluding hydrogens is 494 g/mol. The van der Waals surface area contributed by atoms with Gasteiger partial charge in [0.2, 0.25) is 0 Å². The molecule has 10 nitrogen and oxygen atoms in total. The topological polar surface area (TPSA) is 136 Å². The van der Waals surface area contributed by atoms with E-state index in [0.29, 0.717) is 42.2 Å². The molecule has 0 saturated carbocycles. The van der Waals surface area contributed by atoms with Crippen molar-refractivity contribution in [2.45, 2.75) is 19.1 Å². The number of methoxy groups -OCH3 is 1. The lowest BCUT2D eigenvalue weighted by molar-refractivity contribution is 0.0984. The fourth-order valence-corrected chi connectivity index (χ4v) is 5.76. The average Bonchev–Trinajstić information content (AvgIpc) is 3.68. The maximum absolute atomic E-state index is 14.0. The number of carbonyl (C=O) groups is 1. The van der Waals surface area contributed by atoms with Gasteiger partial charge in [-0.2, -0.15) is 0 Å². The largest absolute Gasteiger partial charge is 0.507 e. The van der Waals surface area contributed by atoms with Gasteiger partial charge in [0.25, 0.3) is 5.91 Å². The highest BCUT2D eigenvalue weighted by molar-refractivity contribution is 6.11. The number of aromatic amines is 2. The number of nitrogens with zero attached hydrogens (tertiary/aromatic N) is 4. The second kappa shape index (κ2) is 8.81. The fraction of sp³-hybridized carbons (Fsp3) is 0.172. The highest BCUT2D eigenvalue weighted by Crippen LogP contribution is 2.46. The number of rotatable bonds is 5. The minimum atomic E-state index is -0.174. The van der Waals surface area contributed by atoms with Gasteiger partial charge in [-0.3, -0.25) is 10.2 Å². The van der Waals surface area contributed by atoms with E-state index in [2.05, 4.69) is 19.9 Å². The number of phenols is 1. The predicted octanol–water partition coefficient (Wildman–Crippen LogP) is 4.17. The van der Waals surface area contributed by atoms with Crippen molar-refractivity contribution in [3.8, 4) is 5.75 Å². The van der Waals surface area contributed by atoms with Gasteiger partial charge in [-0.25, -0.2) is 9.97 Å². The van der Waals surface area contributed by atoms with Crippen LogP contribution in [0.2, 0.25) is 0 Å². The van der Waals surface area contributed by atoms with Crippen LogP contribution in [0.4, 0.5) is 5.69 Å². The molecule has 39 heavy (non-hydrogen) atoms. The number of carbonyl (C=O) groups excluding carboxylic acids is 1. The van der Waals surface area contributed by atoms with E-state index in [4.69, 9.17) is 10.1 Å². The second-order valence-corrected chi connectivity index (χ2v) is 9.87. The molecule has 194 valence electrons. The van der Waals surface area contributed by atoms with E-state index in [-0.39, 0.29) is 23.1 Å². The molecule has 4 heterocycles. The summed E-state index contributed by atoms with van der Waals surface area (Å²) < 4.78 is 7.17. The predicted molar refractivity (Wildman–Crippen MR) is 147 cm³/mol. The molecular formula is C29H25N7O3. The van der Waals surface area contributed by atoms with Crippen LogP contribution in [-0.4, -0.2) is 49.2 Å².